The molecule has 0 fully saturated rings. The summed E-state index contributed by atoms with van der Waals surface area (Å²) < 4.78 is 52.9. The number of halogens is 4. The third-order valence-corrected chi connectivity index (χ3v) is 4.74. The van der Waals surface area contributed by atoms with Gasteiger partial charge in [-0.15, -0.1) is 0 Å². The number of hydrogen-bond acceptors (Lipinski definition) is 3. The predicted molar refractivity (Wildman–Crippen MR) is 109 cm³/mol. The van der Waals surface area contributed by atoms with Crippen LogP contribution in [0.3, 0.4) is 0 Å². The van der Waals surface area contributed by atoms with Crippen molar-refractivity contribution < 1.29 is 27.5 Å². The molecule has 1 aromatic heterocycles. The molecule has 160 valence electrons. The molecule has 1 aliphatic heterocycles. The number of pyridine rings is 1. The number of carbonyl (C=O) groups excluding carboxylic acids is 1. The van der Waals surface area contributed by atoms with Gasteiger partial charge in [-0.25, -0.2) is 4.39 Å². The Kier molecular flexibility index (Phi) is 5.83. The smallest absolute Gasteiger partial charge is 0.433 e. The molecule has 2 heterocycles. The number of rotatable bonds is 3. The van der Waals surface area contributed by atoms with Gasteiger partial charge in [0.25, 0.3) is 5.91 Å². The average Bonchev–Trinajstić information content (AvgIpc) is 2.70. The van der Waals surface area contributed by atoms with E-state index in [4.69, 9.17) is 0 Å². The average molecular weight is 430 g/mol. The summed E-state index contributed by atoms with van der Waals surface area (Å²) in [6, 6.07) is 5.73. The molecule has 2 aromatic rings. The van der Waals surface area contributed by atoms with Crippen LogP contribution in [-0.4, -0.2) is 20.9 Å². The summed E-state index contributed by atoms with van der Waals surface area (Å²) in [6.45, 7) is 6.83. The van der Waals surface area contributed by atoms with Crippen LogP contribution in [0.1, 0.15) is 25.1 Å². The molecule has 0 atom stereocenters. The molecule has 0 radical (unpaired) electrons. The summed E-state index contributed by atoms with van der Waals surface area (Å²) in [6.07, 6.45) is 1.25. The Balaban J connectivity index is 2.04. The van der Waals surface area contributed by atoms with E-state index in [1.54, 1.807) is 19.1 Å². The van der Waals surface area contributed by atoms with Gasteiger partial charge < -0.3 is 5.11 Å². The molecule has 1 aromatic carbocycles. The molecule has 1 aliphatic rings. The molecule has 0 aliphatic carbocycles. The van der Waals surface area contributed by atoms with Crippen LogP contribution in [0.4, 0.5) is 17.6 Å². The SMILES string of the molecule is C=C1C(C)=CC=CN1C(=O)/C(=C(\C)O)c1cc(-c2ccc(C(F)(F)F)nc2)ccc1F. The number of hydrogen-bond donors (Lipinski definition) is 1. The molecule has 3 rings (SSSR count). The van der Waals surface area contributed by atoms with Crippen molar-refractivity contribution in [3.8, 4) is 11.1 Å². The first kappa shape index (κ1) is 22.0. The van der Waals surface area contributed by atoms with Crippen molar-refractivity contribution in [2.45, 2.75) is 20.0 Å². The number of carbonyl (C=O) groups is 1. The minimum atomic E-state index is -4.58. The van der Waals surface area contributed by atoms with Gasteiger partial charge in [0, 0.05) is 29.2 Å². The first-order chi connectivity index (χ1) is 14.5. The fourth-order valence-electron chi connectivity index (χ4n) is 3.05. The van der Waals surface area contributed by atoms with Crippen LogP contribution in [0.15, 0.2) is 78.5 Å². The van der Waals surface area contributed by atoms with Crippen LogP contribution in [0.5, 0.6) is 0 Å². The Morgan fingerprint density at radius 1 is 1.16 bits per heavy atom. The maximum absolute atomic E-state index is 14.7. The number of alkyl halides is 3. The van der Waals surface area contributed by atoms with Crippen LogP contribution in [-0.2, 0) is 11.0 Å². The number of aliphatic hydroxyl groups is 1. The minimum absolute atomic E-state index is 0.198. The van der Waals surface area contributed by atoms with Gasteiger partial charge in [0.1, 0.15) is 17.3 Å². The van der Waals surface area contributed by atoms with E-state index >= 15 is 0 Å². The normalized spacial score (nSPS) is 15.0. The van der Waals surface area contributed by atoms with Crippen molar-refractivity contribution in [1.82, 2.24) is 9.88 Å². The van der Waals surface area contributed by atoms with Crippen molar-refractivity contribution >= 4 is 11.5 Å². The van der Waals surface area contributed by atoms with E-state index < -0.39 is 29.4 Å². The molecule has 0 unspecified atom stereocenters. The second-order valence-electron chi connectivity index (χ2n) is 6.90. The molecule has 1 N–H and O–H groups in total. The summed E-state index contributed by atoms with van der Waals surface area (Å²) in [7, 11) is 0. The molecule has 0 saturated heterocycles. The zero-order valence-electron chi connectivity index (χ0n) is 16.7. The topological polar surface area (TPSA) is 53.4 Å². The molecule has 4 nitrogen and oxygen atoms in total. The Morgan fingerprint density at radius 2 is 1.84 bits per heavy atom. The van der Waals surface area contributed by atoms with E-state index in [1.807, 2.05) is 0 Å². The number of allylic oxidation sites excluding steroid dienone is 4. The fourth-order valence-corrected chi connectivity index (χ4v) is 3.05. The molecule has 31 heavy (non-hydrogen) atoms. The lowest BCUT2D eigenvalue weighted by Gasteiger charge is -2.25. The highest BCUT2D eigenvalue weighted by Crippen LogP contribution is 2.32. The van der Waals surface area contributed by atoms with Crippen molar-refractivity contribution in [1.29, 1.82) is 0 Å². The second-order valence-corrected chi connectivity index (χ2v) is 6.90. The summed E-state index contributed by atoms with van der Waals surface area (Å²) in [5, 5.41) is 10.2. The summed E-state index contributed by atoms with van der Waals surface area (Å²) in [4.78, 5) is 17.7. The van der Waals surface area contributed by atoms with Crippen molar-refractivity contribution in [3.63, 3.8) is 0 Å². The van der Waals surface area contributed by atoms with Gasteiger partial charge in [-0.3, -0.25) is 14.7 Å². The fraction of sp³-hybridized carbons (Fsp3) is 0.130. The molecule has 0 saturated carbocycles. The van der Waals surface area contributed by atoms with Crippen LogP contribution in [0.2, 0.25) is 0 Å². The van der Waals surface area contributed by atoms with Crippen LogP contribution >= 0.6 is 0 Å². The summed E-state index contributed by atoms with van der Waals surface area (Å²) in [5.74, 6) is -1.89. The maximum atomic E-state index is 14.7. The van der Waals surface area contributed by atoms with Gasteiger partial charge in [0.05, 0.1) is 5.57 Å². The van der Waals surface area contributed by atoms with Gasteiger partial charge in [0.15, 0.2) is 0 Å². The third kappa shape index (κ3) is 4.42. The van der Waals surface area contributed by atoms with Crippen LogP contribution in [0.25, 0.3) is 16.7 Å². The molecular weight excluding hydrogens is 412 g/mol. The highest BCUT2D eigenvalue weighted by Gasteiger charge is 2.32. The number of aliphatic hydroxyl groups excluding tert-OH is 1. The molecule has 0 bridgehead atoms. The van der Waals surface area contributed by atoms with Crippen molar-refractivity contribution in [2.75, 3.05) is 0 Å². The standard InChI is InChI=1S/C23H18F4N2O2/c1-13-5-4-10-29(14(13)2)22(31)21(15(3)30)18-11-16(6-8-19(18)24)17-7-9-20(28-12-17)23(25,26)27/h4-12,30H,2H2,1,3H3/b21-15+. The van der Waals surface area contributed by atoms with Crippen molar-refractivity contribution in [3.05, 3.63) is 95.6 Å². The molecule has 1 amide bonds. The van der Waals surface area contributed by atoms with E-state index in [9.17, 15) is 27.5 Å². The van der Waals surface area contributed by atoms with Crippen molar-refractivity contribution in [2.24, 2.45) is 0 Å². The van der Waals surface area contributed by atoms with E-state index in [1.165, 1.54) is 36.2 Å². The summed E-state index contributed by atoms with van der Waals surface area (Å²) in [5.41, 5.74) is 0.159. The first-order valence-electron chi connectivity index (χ1n) is 9.12. The predicted octanol–water partition coefficient (Wildman–Crippen LogP) is 6.01. The quantitative estimate of drug-likeness (QED) is 0.369. The highest BCUT2D eigenvalue weighted by molar-refractivity contribution is 6.21. The Hall–Kier alpha value is -3.68. The number of amides is 1. The van der Waals surface area contributed by atoms with E-state index in [2.05, 4.69) is 11.6 Å². The Bertz CT molecular complexity index is 1140. The zero-order chi connectivity index (χ0) is 22.9. The van der Waals surface area contributed by atoms with E-state index in [0.717, 1.165) is 23.9 Å². The lowest BCUT2D eigenvalue weighted by Crippen LogP contribution is -2.28. The molecule has 0 spiro atoms. The molecular formula is C23H18F4N2O2. The van der Waals surface area contributed by atoms with Gasteiger partial charge in [-0.1, -0.05) is 24.8 Å². The largest absolute Gasteiger partial charge is 0.512 e. The first-order valence-corrected chi connectivity index (χ1v) is 9.12. The second kappa shape index (κ2) is 8.22. The monoisotopic (exact) mass is 430 g/mol. The van der Waals surface area contributed by atoms with Gasteiger partial charge in [-0.2, -0.15) is 13.2 Å². The highest BCUT2D eigenvalue weighted by atomic mass is 19.4. The van der Waals surface area contributed by atoms with Gasteiger partial charge in [-0.05, 0) is 49.3 Å². The van der Waals surface area contributed by atoms with Gasteiger partial charge >= 0.3 is 6.18 Å². The summed E-state index contributed by atoms with van der Waals surface area (Å²) >= 11 is 0. The zero-order valence-corrected chi connectivity index (χ0v) is 16.7. The third-order valence-electron chi connectivity index (χ3n) is 4.74. The van der Waals surface area contributed by atoms with Crippen LogP contribution in [0, 0.1) is 5.82 Å². The number of aromatic nitrogens is 1. The van der Waals surface area contributed by atoms with Crippen LogP contribution < -0.4 is 0 Å². The van der Waals surface area contributed by atoms with E-state index in [-0.39, 0.29) is 16.7 Å². The lowest BCUT2D eigenvalue weighted by molar-refractivity contribution is -0.141. The van der Waals surface area contributed by atoms with Gasteiger partial charge in [0.2, 0.25) is 0 Å². The number of benzene rings is 1. The van der Waals surface area contributed by atoms with E-state index in [0.29, 0.717) is 11.3 Å². The lowest BCUT2D eigenvalue weighted by atomic mass is 9.97. The Labute approximate surface area is 176 Å². The maximum Gasteiger partial charge on any atom is 0.433 e. The number of nitrogens with zero attached hydrogens (tertiary/aromatic N) is 2. The Morgan fingerprint density at radius 3 is 2.42 bits per heavy atom. The molecule has 8 heteroatoms. The minimum Gasteiger partial charge on any atom is -0.512 e.